The van der Waals surface area contributed by atoms with Gasteiger partial charge in [-0.1, -0.05) is 27.5 Å². The molecule has 2 aromatic rings. The van der Waals surface area contributed by atoms with E-state index in [4.69, 9.17) is 11.6 Å². The van der Waals surface area contributed by atoms with Gasteiger partial charge in [-0.25, -0.2) is 0 Å². The topological polar surface area (TPSA) is 56.2 Å². The zero-order valence-electron chi connectivity index (χ0n) is 14.3. The number of hydrogen-bond acceptors (Lipinski definition) is 3. The lowest BCUT2D eigenvalue weighted by Gasteiger charge is -2.12. The van der Waals surface area contributed by atoms with Crippen molar-refractivity contribution in [2.45, 2.75) is 32.7 Å². The van der Waals surface area contributed by atoms with Crippen molar-refractivity contribution in [2.24, 2.45) is 0 Å². The average Bonchev–Trinajstić information content (AvgIpc) is 2.88. The Bertz CT molecular complexity index is 858. The summed E-state index contributed by atoms with van der Waals surface area (Å²) in [5.74, 6) is -0.955. The second kappa shape index (κ2) is 9.08. The van der Waals surface area contributed by atoms with Gasteiger partial charge in [0.1, 0.15) is 5.75 Å². The van der Waals surface area contributed by atoms with Crippen molar-refractivity contribution < 1.29 is 31.5 Å². The van der Waals surface area contributed by atoms with E-state index in [0.717, 1.165) is 4.68 Å². The lowest BCUT2D eigenvalue weighted by Crippen LogP contribution is -2.26. The van der Waals surface area contributed by atoms with Gasteiger partial charge in [0.05, 0.1) is 16.3 Å². The molecule has 0 saturated carbocycles. The normalized spacial score (nSPS) is 11.8. The number of hydrogen-bond donors (Lipinski definition) is 1. The maximum Gasteiger partial charge on any atom is 0.436 e. The van der Waals surface area contributed by atoms with Crippen molar-refractivity contribution in [3.05, 3.63) is 44.6 Å². The zero-order valence-corrected chi connectivity index (χ0v) is 16.6. The fourth-order valence-corrected chi connectivity index (χ4v) is 2.93. The van der Waals surface area contributed by atoms with E-state index in [1.807, 2.05) is 0 Å². The largest absolute Gasteiger partial charge is 0.436 e. The summed E-state index contributed by atoms with van der Waals surface area (Å²) in [4.78, 5) is 12.2. The molecule has 0 unspecified atom stereocenters. The van der Waals surface area contributed by atoms with Crippen LogP contribution in [0.3, 0.4) is 0 Å². The Morgan fingerprint density at radius 2 is 2.07 bits per heavy atom. The number of rotatable bonds is 7. The van der Waals surface area contributed by atoms with Crippen LogP contribution < -0.4 is 10.1 Å². The van der Waals surface area contributed by atoms with Crippen molar-refractivity contribution in [3.63, 3.8) is 0 Å². The van der Waals surface area contributed by atoms with Gasteiger partial charge in [-0.05, 0) is 31.5 Å². The summed E-state index contributed by atoms with van der Waals surface area (Å²) in [7, 11) is 0. The molecule has 2 rings (SSSR count). The standard InChI is InChI=1S/C16H14BrClF5N3O2/c1-8-12(18)13(16(21,22)23)25-26(8)6-2-5-24-14(27)10-7-9(17)3-4-11(10)28-15(19)20/h3-4,7,15H,2,5-6H2,1H3,(H,24,27). The molecule has 12 heteroatoms. The van der Waals surface area contributed by atoms with Crippen LogP contribution in [-0.4, -0.2) is 28.8 Å². The van der Waals surface area contributed by atoms with E-state index < -0.39 is 29.4 Å². The van der Waals surface area contributed by atoms with Gasteiger partial charge in [0.15, 0.2) is 5.69 Å². The van der Waals surface area contributed by atoms with E-state index in [1.54, 1.807) is 0 Å². The molecule has 0 bridgehead atoms. The van der Waals surface area contributed by atoms with Crippen LogP contribution in [0.2, 0.25) is 5.02 Å². The molecule has 1 amide bonds. The maximum atomic E-state index is 12.8. The molecule has 0 aliphatic rings. The van der Waals surface area contributed by atoms with Crippen molar-refractivity contribution in [3.8, 4) is 5.75 Å². The van der Waals surface area contributed by atoms with E-state index in [0.29, 0.717) is 4.47 Å². The first-order chi connectivity index (χ1) is 13.0. The number of alkyl halides is 5. The van der Waals surface area contributed by atoms with E-state index >= 15 is 0 Å². The fraction of sp³-hybridized carbons (Fsp3) is 0.375. The van der Waals surface area contributed by atoms with Crippen LogP contribution in [0.5, 0.6) is 5.75 Å². The molecule has 154 valence electrons. The minimum absolute atomic E-state index is 0.0672. The van der Waals surface area contributed by atoms with Crippen LogP contribution in [-0.2, 0) is 12.7 Å². The first kappa shape index (κ1) is 22.4. The van der Waals surface area contributed by atoms with Gasteiger partial charge in [-0.3, -0.25) is 9.48 Å². The highest BCUT2D eigenvalue weighted by Crippen LogP contribution is 2.35. The molecule has 0 fully saturated rings. The van der Waals surface area contributed by atoms with Crippen molar-refractivity contribution >= 4 is 33.4 Å². The Hall–Kier alpha value is -1.88. The lowest BCUT2D eigenvalue weighted by molar-refractivity contribution is -0.141. The Kier molecular flexibility index (Phi) is 7.27. The average molecular weight is 491 g/mol. The molecule has 1 heterocycles. The van der Waals surface area contributed by atoms with E-state index in [2.05, 4.69) is 31.1 Å². The highest BCUT2D eigenvalue weighted by atomic mass is 79.9. The van der Waals surface area contributed by atoms with Gasteiger partial charge in [0.2, 0.25) is 0 Å². The molecule has 1 N–H and O–H groups in total. The number of nitrogens with one attached hydrogen (secondary N) is 1. The van der Waals surface area contributed by atoms with Gasteiger partial charge in [-0.15, -0.1) is 0 Å². The number of carbonyl (C=O) groups is 1. The lowest BCUT2D eigenvalue weighted by atomic mass is 10.2. The summed E-state index contributed by atoms with van der Waals surface area (Å²) in [5, 5.41) is 5.48. The SMILES string of the molecule is Cc1c(Cl)c(C(F)(F)F)nn1CCCNC(=O)c1cc(Br)ccc1OC(F)F. The molecule has 0 spiro atoms. The molecule has 0 atom stereocenters. The summed E-state index contributed by atoms with van der Waals surface area (Å²) in [5.41, 5.74) is -1.12. The first-order valence-electron chi connectivity index (χ1n) is 7.83. The second-order valence-electron chi connectivity index (χ2n) is 5.60. The molecule has 1 aromatic heterocycles. The molecular weight excluding hydrogens is 477 g/mol. The Morgan fingerprint density at radius 3 is 2.64 bits per heavy atom. The van der Waals surface area contributed by atoms with Crippen molar-refractivity contribution in [2.75, 3.05) is 6.54 Å². The number of aromatic nitrogens is 2. The second-order valence-corrected chi connectivity index (χ2v) is 6.89. The third-order valence-electron chi connectivity index (χ3n) is 3.64. The Balaban J connectivity index is 1.98. The smallest absolute Gasteiger partial charge is 0.434 e. The van der Waals surface area contributed by atoms with Gasteiger partial charge >= 0.3 is 12.8 Å². The van der Waals surface area contributed by atoms with Crippen LogP contribution in [0.1, 0.15) is 28.2 Å². The van der Waals surface area contributed by atoms with Crippen LogP contribution in [0.15, 0.2) is 22.7 Å². The van der Waals surface area contributed by atoms with E-state index in [-0.39, 0.29) is 36.5 Å². The number of halogens is 7. The maximum absolute atomic E-state index is 12.8. The highest BCUT2D eigenvalue weighted by molar-refractivity contribution is 9.10. The summed E-state index contributed by atoms with van der Waals surface area (Å²) in [6.07, 6.45) is -4.43. The fourth-order valence-electron chi connectivity index (χ4n) is 2.33. The molecule has 0 aliphatic heterocycles. The minimum atomic E-state index is -4.66. The van der Waals surface area contributed by atoms with Crippen LogP contribution >= 0.6 is 27.5 Å². The van der Waals surface area contributed by atoms with Crippen LogP contribution in [0.25, 0.3) is 0 Å². The summed E-state index contributed by atoms with van der Waals surface area (Å²) in [6, 6.07) is 3.98. The molecular formula is C16H14BrClF5N3O2. The monoisotopic (exact) mass is 489 g/mol. The predicted molar refractivity (Wildman–Crippen MR) is 94.7 cm³/mol. The quantitative estimate of drug-likeness (QED) is 0.437. The van der Waals surface area contributed by atoms with Gasteiger partial charge in [-0.2, -0.15) is 27.1 Å². The third kappa shape index (κ3) is 5.57. The molecule has 5 nitrogen and oxygen atoms in total. The number of benzene rings is 1. The first-order valence-corrected chi connectivity index (χ1v) is 9.00. The van der Waals surface area contributed by atoms with Gasteiger partial charge < -0.3 is 10.1 Å². The van der Waals surface area contributed by atoms with Crippen LogP contribution in [0, 0.1) is 6.92 Å². The van der Waals surface area contributed by atoms with Crippen molar-refractivity contribution in [1.29, 1.82) is 0 Å². The van der Waals surface area contributed by atoms with Crippen molar-refractivity contribution in [1.82, 2.24) is 15.1 Å². The van der Waals surface area contributed by atoms with E-state index in [1.165, 1.54) is 25.1 Å². The summed E-state index contributed by atoms with van der Waals surface area (Å²) in [6.45, 7) is -1.56. The zero-order chi connectivity index (χ0) is 21.1. The molecule has 0 aliphatic carbocycles. The van der Waals surface area contributed by atoms with E-state index in [9.17, 15) is 26.7 Å². The van der Waals surface area contributed by atoms with Gasteiger partial charge in [0, 0.05) is 17.6 Å². The highest BCUT2D eigenvalue weighted by Gasteiger charge is 2.38. The van der Waals surface area contributed by atoms with Gasteiger partial charge in [0.25, 0.3) is 5.91 Å². The molecule has 0 saturated heterocycles. The number of nitrogens with zero attached hydrogens (tertiary/aromatic N) is 2. The minimum Gasteiger partial charge on any atom is -0.434 e. The number of ether oxygens (including phenoxy) is 1. The number of amides is 1. The Labute approximate surface area is 169 Å². The molecule has 28 heavy (non-hydrogen) atoms. The molecule has 1 aromatic carbocycles. The number of aryl methyl sites for hydroxylation is 1. The summed E-state index contributed by atoms with van der Waals surface area (Å²) >= 11 is 8.80. The third-order valence-corrected chi connectivity index (χ3v) is 4.58. The molecule has 0 radical (unpaired) electrons. The van der Waals surface area contributed by atoms with Crippen LogP contribution in [0.4, 0.5) is 22.0 Å². The Morgan fingerprint density at radius 1 is 1.39 bits per heavy atom. The summed E-state index contributed by atoms with van der Waals surface area (Å²) < 4.78 is 69.2. The number of carbonyl (C=O) groups excluding carboxylic acids is 1. The predicted octanol–water partition coefficient (Wildman–Crippen LogP) is 5.05.